The third-order valence-electron chi connectivity index (χ3n) is 3.41. The Morgan fingerprint density at radius 1 is 1.20 bits per heavy atom. The van der Waals surface area contributed by atoms with Crippen molar-refractivity contribution in [3.05, 3.63) is 26.4 Å². The van der Waals surface area contributed by atoms with Crippen molar-refractivity contribution in [2.75, 3.05) is 5.32 Å². The van der Waals surface area contributed by atoms with E-state index in [2.05, 4.69) is 15.5 Å². The van der Waals surface area contributed by atoms with E-state index < -0.39 is 0 Å². The Labute approximate surface area is 130 Å². The smallest absolute Gasteiger partial charge is 0.267 e. The van der Waals surface area contributed by atoms with Crippen LogP contribution in [-0.4, -0.2) is 16.1 Å². The van der Waals surface area contributed by atoms with Crippen molar-refractivity contribution in [2.45, 2.75) is 38.0 Å². The zero-order chi connectivity index (χ0) is 13.9. The fraction of sp³-hybridized carbons (Fsp3) is 0.462. The normalized spacial score (nSPS) is 16.2. The molecule has 0 aromatic carbocycles. The standard InChI is InChI=1S/C13H14ClN3OS2/c14-10-7-6-9(19-10)11(18)15-13-17-16-12(20-13)8-4-2-1-3-5-8/h6-8H,1-5H2,(H,15,17,18). The van der Waals surface area contributed by atoms with Gasteiger partial charge in [0, 0.05) is 5.92 Å². The quantitative estimate of drug-likeness (QED) is 0.899. The van der Waals surface area contributed by atoms with Gasteiger partial charge in [0.05, 0.1) is 9.21 Å². The molecule has 1 N–H and O–H groups in total. The summed E-state index contributed by atoms with van der Waals surface area (Å²) in [6, 6.07) is 3.43. The number of halogens is 1. The lowest BCUT2D eigenvalue weighted by atomic mass is 9.90. The molecule has 4 nitrogen and oxygen atoms in total. The molecule has 20 heavy (non-hydrogen) atoms. The minimum Gasteiger partial charge on any atom is -0.296 e. The first kappa shape index (κ1) is 14.0. The molecular formula is C13H14ClN3OS2. The molecule has 1 fully saturated rings. The molecule has 1 saturated carbocycles. The van der Waals surface area contributed by atoms with Crippen molar-refractivity contribution >= 4 is 45.3 Å². The van der Waals surface area contributed by atoms with E-state index in [-0.39, 0.29) is 5.91 Å². The van der Waals surface area contributed by atoms with Crippen LogP contribution in [0.3, 0.4) is 0 Å². The predicted molar refractivity (Wildman–Crippen MR) is 83.0 cm³/mol. The van der Waals surface area contributed by atoms with Gasteiger partial charge in [0.25, 0.3) is 5.91 Å². The third kappa shape index (κ3) is 3.19. The Morgan fingerprint density at radius 2 is 2.00 bits per heavy atom. The second-order valence-corrected chi connectivity index (χ2v) is 7.56. The number of nitrogens with one attached hydrogen (secondary N) is 1. The molecule has 7 heteroatoms. The number of carbonyl (C=O) groups is 1. The lowest BCUT2D eigenvalue weighted by molar-refractivity contribution is 0.103. The summed E-state index contributed by atoms with van der Waals surface area (Å²) < 4.78 is 0.607. The van der Waals surface area contributed by atoms with Crippen molar-refractivity contribution in [2.24, 2.45) is 0 Å². The lowest BCUT2D eigenvalue weighted by Crippen LogP contribution is -2.09. The highest BCUT2D eigenvalue weighted by Gasteiger charge is 2.20. The van der Waals surface area contributed by atoms with Gasteiger partial charge in [-0.1, -0.05) is 42.2 Å². The van der Waals surface area contributed by atoms with Gasteiger partial charge in [-0.2, -0.15) is 0 Å². The number of rotatable bonds is 3. The van der Waals surface area contributed by atoms with Gasteiger partial charge < -0.3 is 0 Å². The largest absolute Gasteiger partial charge is 0.296 e. The number of amides is 1. The summed E-state index contributed by atoms with van der Waals surface area (Å²) in [6.45, 7) is 0. The lowest BCUT2D eigenvalue weighted by Gasteiger charge is -2.18. The van der Waals surface area contributed by atoms with Gasteiger partial charge in [-0.25, -0.2) is 0 Å². The molecule has 1 aliphatic carbocycles. The van der Waals surface area contributed by atoms with E-state index in [9.17, 15) is 4.79 Å². The Bertz CT molecular complexity index is 604. The predicted octanol–water partition coefficient (Wildman–Crippen LogP) is 4.55. The van der Waals surface area contributed by atoms with E-state index in [0.717, 1.165) is 5.01 Å². The van der Waals surface area contributed by atoms with Crippen LogP contribution in [0, 0.1) is 0 Å². The summed E-state index contributed by atoms with van der Waals surface area (Å²) in [5.74, 6) is 0.344. The summed E-state index contributed by atoms with van der Waals surface area (Å²) >= 11 is 8.57. The number of nitrogens with zero attached hydrogens (tertiary/aromatic N) is 2. The number of thiophene rings is 1. The Kier molecular flexibility index (Phi) is 4.33. The zero-order valence-corrected chi connectivity index (χ0v) is 13.2. The molecule has 0 spiro atoms. The monoisotopic (exact) mass is 327 g/mol. The van der Waals surface area contributed by atoms with E-state index in [0.29, 0.717) is 20.3 Å². The fourth-order valence-corrected chi connectivity index (χ4v) is 4.24. The summed E-state index contributed by atoms with van der Waals surface area (Å²) in [5.41, 5.74) is 0. The Morgan fingerprint density at radius 3 is 2.70 bits per heavy atom. The van der Waals surface area contributed by atoms with Crippen molar-refractivity contribution < 1.29 is 4.79 Å². The molecule has 2 aromatic rings. The van der Waals surface area contributed by atoms with E-state index in [4.69, 9.17) is 11.6 Å². The highest BCUT2D eigenvalue weighted by molar-refractivity contribution is 7.18. The van der Waals surface area contributed by atoms with Crippen molar-refractivity contribution in [3.8, 4) is 0 Å². The second-order valence-electron chi connectivity index (χ2n) is 4.84. The minimum absolute atomic E-state index is 0.173. The number of anilines is 1. The average molecular weight is 328 g/mol. The van der Waals surface area contributed by atoms with Crippen LogP contribution in [0.1, 0.15) is 52.7 Å². The summed E-state index contributed by atoms with van der Waals surface area (Å²) in [5, 5.41) is 12.7. The Hall–Kier alpha value is -0.980. The number of hydrogen-bond donors (Lipinski definition) is 1. The molecule has 0 bridgehead atoms. The average Bonchev–Trinajstić information content (AvgIpc) is 3.09. The molecule has 1 amide bonds. The van der Waals surface area contributed by atoms with Crippen molar-refractivity contribution in [1.82, 2.24) is 10.2 Å². The first-order valence-electron chi connectivity index (χ1n) is 6.62. The van der Waals surface area contributed by atoms with E-state index in [1.54, 1.807) is 12.1 Å². The highest BCUT2D eigenvalue weighted by atomic mass is 35.5. The van der Waals surface area contributed by atoms with Gasteiger partial charge in [0.2, 0.25) is 5.13 Å². The Balaban J connectivity index is 1.66. The van der Waals surface area contributed by atoms with Crippen LogP contribution in [0.4, 0.5) is 5.13 Å². The fourth-order valence-electron chi connectivity index (χ4n) is 2.39. The first-order valence-corrected chi connectivity index (χ1v) is 8.63. The second kappa shape index (κ2) is 6.20. The van der Waals surface area contributed by atoms with E-state index in [1.807, 2.05) is 0 Å². The molecule has 2 heterocycles. The van der Waals surface area contributed by atoms with Gasteiger partial charge in [-0.05, 0) is 25.0 Å². The topological polar surface area (TPSA) is 54.9 Å². The molecule has 1 aliphatic rings. The number of aromatic nitrogens is 2. The molecule has 0 saturated heterocycles. The molecule has 106 valence electrons. The van der Waals surface area contributed by atoms with Crippen LogP contribution < -0.4 is 5.32 Å². The molecule has 0 unspecified atom stereocenters. The molecule has 0 atom stereocenters. The van der Waals surface area contributed by atoms with E-state index in [1.165, 1.54) is 54.8 Å². The highest BCUT2D eigenvalue weighted by Crippen LogP contribution is 2.35. The number of hydrogen-bond acceptors (Lipinski definition) is 5. The van der Waals surface area contributed by atoms with Gasteiger partial charge in [0.15, 0.2) is 0 Å². The number of carbonyl (C=O) groups excluding carboxylic acids is 1. The SMILES string of the molecule is O=C(Nc1nnc(C2CCCCC2)s1)c1ccc(Cl)s1. The maximum atomic E-state index is 12.0. The maximum absolute atomic E-state index is 12.0. The molecule has 0 radical (unpaired) electrons. The zero-order valence-electron chi connectivity index (χ0n) is 10.8. The van der Waals surface area contributed by atoms with Gasteiger partial charge >= 0.3 is 0 Å². The van der Waals surface area contributed by atoms with Crippen molar-refractivity contribution in [3.63, 3.8) is 0 Å². The molecular weight excluding hydrogens is 314 g/mol. The summed E-state index contributed by atoms with van der Waals surface area (Å²) in [7, 11) is 0. The van der Waals surface area contributed by atoms with Crippen LogP contribution in [0.5, 0.6) is 0 Å². The maximum Gasteiger partial charge on any atom is 0.267 e. The molecule has 3 rings (SSSR count). The van der Waals surface area contributed by atoms with Gasteiger partial charge in [0.1, 0.15) is 5.01 Å². The summed E-state index contributed by atoms with van der Waals surface area (Å²) in [4.78, 5) is 12.6. The van der Waals surface area contributed by atoms with Crippen LogP contribution in [0.2, 0.25) is 4.34 Å². The third-order valence-corrected chi connectivity index (χ3v) is 5.64. The molecule has 2 aromatic heterocycles. The van der Waals surface area contributed by atoms with Crippen LogP contribution in [-0.2, 0) is 0 Å². The van der Waals surface area contributed by atoms with Gasteiger partial charge in [-0.15, -0.1) is 21.5 Å². The van der Waals surface area contributed by atoms with Crippen LogP contribution >= 0.6 is 34.3 Å². The summed E-state index contributed by atoms with van der Waals surface area (Å²) in [6.07, 6.45) is 6.21. The van der Waals surface area contributed by atoms with Crippen LogP contribution in [0.15, 0.2) is 12.1 Å². The van der Waals surface area contributed by atoms with Gasteiger partial charge in [-0.3, -0.25) is 10.1 Å². The van der Waals surface area contributed by atoms with Crippen LogP contribution in [0.25, 0.3) is 0 Å². The molecule has 0 aliphatic heterocycles. The first-order chi connectivity index (χ1) is 9.72. The van der Waals surface area contributed by atoms with Crippen molar-refractivity contribution in [1.29, 1.82) is 0 Å². The van der Waals surface area contributed by atoms with E-state index >= 15 is 0 Å². The minimum atomic E-state index is -0.173.